The fourth-order valence-electron chi connectivity index (χ4n) is 4.56. The number of sulfonamides is 1. The number of rotatable bonds is 4. The molecule has 0 radical (unpaired) electrons. The predicted octanol–water partition coefficient (Wildman–Crippen LogP) is 1.56. The van der Waals surface area contributed by atoms with Gasteiger partial charge in [0.25, 0.3) is 5.91 Å². The van der Waals surface area contributed by atoms with Crippen molar-refractivity contribution in [2.45, 2.75) is 25.2 Å². The van der Waals surface area contributed by atoms with Crippen LogP contribution < -0.4 is 9.21 Å². The second-order valence-electron chi connectivity index (χ2n) is 9.21. The maximum Gasteiger partial charge on any atom is 0.394 e. The lowest BCUT2D eigenvalue weighted by Crippen LogP contribution is -2.49. The van der Waals surface area contributed by atoms with Crippen LogP contribution in [-0.4, -0.2) is 89.9 Å². The van der Waals surface area contributed by atoms with Gasteiger partial charge in [-0.3, -0.25) is 18.2 Å². The van der Waals surface area contributed by atoms with E-state index in [1.165, 1.54) is 33.6 Å². The van der Waals surface area contributed by atoms with Crippen molar-refractivity contribution in [3.05, 3.63) is 53.1 Å². The summed E-state index contributed by atoms with van der Waals surface area (Å²) < 4.78 is 82.4. The summed E-state index contributed by atoms with van der Waals surface area (Å²) in [5, 5.41) is 0. The van der Waals surface area contributed by atoms with Crippen LogP contribution in [0, 0.1) is 13.8 Å². The molecule has 0 aliphatic carbocycles. The van der Waals surface area contributed by atoms with E-state index in [1.807, 2.05) is 0 Å². The van der Waals surface area contributed by atoms with E-state index < -0.39 is 30.3 Å². The lowest BCUT2D eigenvalue weighted by molar-refractivity contribution is 0.0743. The van der Waals surface area contributed by atoms with Gasteiger partial charge in [0, 0.05) is 44.7 Å². The quantitative estimate of drug-likeness (QED) is 0.499. The minimum absolute atomic E-state index is 0.0344. The summed E-state index contributed by atoms with van der Waals surface area (Å²) in [7, 11) is -11.9. The van der Waals surface area contributed by atoms with Gasteiger partial charge in [0.05, 0.1) is 21.9 Å². The first-order chi connectivity index (χ1) is 17.5. The van der Waals surface area contributed by atoms with Crippen LogP contribution in [0.3, 0.4) is 0 Å². The zero-order valence-corrected chi connectivity index (χ0v) is 23.7. The Morgan fingerprint density at radius 3 is 2.00 bits per heavy atom. The fourth-order valence-corrected chi connectivity index (χ4v) is 7.01. The lowest BCUT2D eigenvalue weighted by atomic mass is 10.1. The number of amides is 1. The van der Waals surface area contributed by atoms with Crippen molar-refractivity contribution in [2.24, 2.45) is 0 Å². The van der Waals surface area contributed by atoms with Crippen LogP contribution in [0.1, 0.15) is 27.9 Å². The Hall–Kier alpha value is -2.72. The van der Waals surface area contributed by atoms with Crippen LogP contribution in [0.4, 0.5) is 11.4 Å². The molecule has 12 nitrogen and oxygen atoms in total. The van der Waals surface area contributed by atoms with Crippen molar-refractivity contribution in [2.75, 3.05) is 53.9 Å². The summed E-state index contributed by atoms with van der Waals surface area (Å²) in [6, 6.07) is 10.6. The second-order valence-corrected chi connectivity index (χ2v) is 14.1. The molecule has 0 bridgehead atoms. The molecule has 2 heterocycles. The Bertz CT molecular complexity index is 1520. The maximum absolute atomic E-state index is 13.3. The summed E-state index contributed by atoms with van der Waals surface area (Å²) in [5.41, 5.74) is 3.88. The Kier molecular flexibility index (Phi) is 8.77. The van der Waals surface area contributed by atoms with Gasteiger partial charge in [-0.15, -0.1) is 0 Å². The van der Waals surface area contributed by atoms with Crippen molar-refractivity contribution in [1.82, 2.24) is 4.90 Å². The lowest BCUT2D eigenvalue weighted by Gasteiger charge is -2.37. The molecule has 0 spiro atoms. The number of benzene rings is 2. The third-order valence-electron chi connectivity index (χ3n) is 6.24. The van der Waals surface area contributed by atoms with Gasteiger partial charge >= 0.3 is 10.4 Å². The number of carbonyl (C=O) groups is 1. The molecule has 4 rings (SSSR count). The van der Waals surface area contributed by atoms with Gasteiger partial charge in [0.2, 0.25) is 10.0 Å². The van der Waals surface area contributed by atoms with Crippen LogP contribution in [0.25, 0.3) is 0 Å². The van der Waals surface area contributed by atoms with E-state index in [4.69, 9.17) is 17.5 Å². The summed E-state index contributed by atoms with van der Waals surface area (Å²) in [6.07, 6.45) is 1.53. The molecule has 15 heteroatoms. The molecule has 210 valence electrons. The first kappa shape index (κ1) is 29.8. The number of piperazine rings is 1. The SMILES string of the molecule is Cc1ccc(N2CCN(C(=O)c3ccc(N4CCCS4(=O)=O)cc3S(C)(=O)=O)CC2)c(C)c1.O=S(=O)(O)O. The summed E-state index contributed by atoms with van der Waals surface area (Å²) in [5.74, 6) is -0.321. The molecular formula is C23H31N3O9S3. The zero-order chi connectivity index (χ0) is 28.5. The number of sulfone groups is 1. The molecule has 2 aliphatic rings. The largest absolute Gasteiger partial charge is 0.394 e. The number of carbonyl (C=O) groups excluding carboxylic acids is 1. The van der Waals surface area contributed by atoms with Gasteiger partial charge in [0.1, 0.15) is 0 Å². The van der Waals surface area contributed by atoms with Crippen molar-refractivity contribution in [1.29, 1.82) is 0 Å². The zero-order valence-electron chi connectivity index (χ0n) is 21.2. The van der Waals surface area contributed by atoms with Crippen molar-refractivity contribution in [3.8, 4) is 0 Å². The highest BCUT2D eigenvalue weighted by molar-refractivity contribution is 7.93. The van der Waals surface area contributed by atoms with E-state index in [0.717, 1.165) is 11.9 Å². The van der Waals surface area contributed by atoms with Crippen molar-refractivity contribution >= 4 is 47.5 Å². The van der Waals surface area contributed by atoms with Gasteiger partial charge < -0.3 is 9.80 Å². The molecule has 0 atom stereocenters. The monoisotopic (exact) mass is 589 g/mol. The van der Waals surface area contributed by atoms with E-state index in [2.05, 4.69) is 36.9 Å². The molecule has 0 aromatic heterocycles. The molecule has 0 unspecified atom stereocenters. The van der Waals surface area contributed by atoms with Crippen molar-refractivity contribution < 1.29 is 39.2 Å². The third-order valence-corrected chi connectivity index (χ3v) is 9.25. The Morgan fingerprint density at radius 1 is 0.895 bits per heavy atom. The number of anilines is 2. The highest BCUT2D eigenvalue weighted by atomic mass is 32.3. The first-order valence-electron chi connectivity index (χ1n) is 11.6. The van der Waals surface area contributed by atoms with E-state index in [-0.39, 0.29) is 27.8 Å². The predicted molar refractivity (Wildman–Crippen MR) is 144 cm³/mol. The molecule has 2 saturated heterocycles. The maximum atomic E-state index is 13.3. The molecule has 2 aromatic carbocycles. The summed E-state index contributed by atoms with van der Waals surface area (Å²) in [4.78, 5) is 17.1. The average molecular weight is 590 g/mol. The van der Waals surface area contributed by atoms with E-state index in [0.29, 0.717) is 39.1 Å². The molecule has 2 aromatic rings. The normalized spacial score (nSPS) is 17.7. The van der Waals surface area contributed by atoms with Gasteiger partial charge in [-0.1, -0.05) is 17.7 Å². The minimum atomic E-state index is -4.67. The second kappa shape index (κ2) is 11.2. The van der Waals surface area contributed by atoms with E-state index in [1.54, 1.807) is 4.90 Å². The van der Waals surface area contributed by atoms with Crippen molar-refractivity contribution in [3.63, 3.8) is 0 Å². The number of hydrogen-bond donors (Lipinski definition) is 2. The Balaban J connectivity index is 0.000000732. The van der Waals surface area contributed by atoms with E-state index >= 15 is 0 Å². The van der Waals surface area contributed by atoms with Gasteiger partial charge in [0.15, 0.2) is 9.84 Å². The molecule has 38 heavy (non-hydrogen) atoms. The van der Waals surface area contributed by atoms with Crippen LogP contribution in [0.2, 0.25) is 0 Å². The third kappa shape index (κ3) is 7.44. The smallest absolute Gasteiger partial charge is 0.368 e. The number of hydrogen-bond acceptors (Lipinski definition) is 8. The van der Waals surface area contributed by atoms with E-state index in [9.17, 15) is 21.6 Å². The number of aryl methyl sites for hydroxylation is 2. The summed E-state index contributed by atoms with van der Waals surface area (Å²) >= 11 is 0. The standard InChI is InChI=1S/C23H29N3O5S2.H2O4S/c1-17-5-8-21(18(2)15-17)24-10-12-25(13-11-24)23(27)20-7-6-19(16-22(20)32(3,28)29)26-9-4-14-33(26,30)31;1-5(2,3)4/h5-8,15-16H,4,9-14H2,1-3H3;(H2,1,2,3,4). The summed E-state index contributed by atoms with van der Waals surface area (Å²) in [6.45, 7) is 6.66. The van der Waals surface area contributed by atoms with Crippen LogP contribution in [0.5, 0.6) is 0 Å². The fraction of sp³-hybridized carbons (Fsp3) is 0.435. The highest BCUT2D eigenvalue weighted by Crippen LogP contribution is 2.30. The highest BCUT2D eigenvalue weighted by Gasteiger charge is 2.32. The van der Waals surface area contributed by atoms with Gasteiger partial charge in [-0.05, 0) is 50.1 Å². The van der Waals surface area contributed by atoms with Crippen LogP contribution in [-0.2, 0) is 30.3 Å². The van der Waals surface area contributed by atoms with Crippen LogP contribution >= 0.6 is 0 Å². The molecule has 2 aliphatic heterocycles. The molecule has 1 amide bonds. The molecule has 2 N–H and O–H groups in total. The first-order valence-corrected chi connectivity index (χ1v) is 16.5. The average Bonchev–Trinajstić information content (AvgIpc) is 3.15. The topological polar surface area (TPSA) is 170 Å². The molecule has 0 saturated carbocycles. The Morgan fingerprint density at radius 2 is 1.50 bits per heavy atom. The Labute approximate surface area is 223 Å². The molecule has 2 fully saturated rings. The minimum Gasteiger partial charge on any atom is -0.368 e. The number of nitrogens with zero attached hydrogens (tertiary/aromatic N) is 3. The van der Waals surface area contributed by atoms with Gasteiger partial charge in [-0.2, -0.15) is 8.42 Å². The molecular weight excluding hydrogens is 558 g/mol. The van der Waals surface area contributed by atoms with Gasteiger partial charge in [-0.25, -0.2) is 16.8 Å². The van der Waals surface area contributed by atoms with Crippen LogP contribution in [0.15, 0.2) is 41.3 Å².